The van der Waals surface area contributed by atoms with Crippen LogP contribution in [0.5, 0.6) is 17.4 Å². The predicted octanol–water partition coefficient (Wildman–Crippen LogP) is 5.01. The molecule has 1 saturated carbocycles. The molecular weight excluding hydrogens is 370 g/mol. The van der Waals surface area contributed by atoms with Gasteiger partial charge in [-0.05, 0) is 50.3 Å². The van der Waals surface area contributed by atoms with Crippen LogP contribution in [0.4, 0.5) is 8.78 Å². The van der Waals surface area contributed by atoms with Crippen LogP contribution in [0.15, 0.2) is 10.7 Å². The second kappa shape index (κ2) is 6.61. The van der Waals surface area contributed by atoms with Gasteiger partial charge < -0.3 is 19.0 Å². The highest BCUT2D eigenvalue weighted by Crippen LogP contribution is 2.52. The lowest BCUT2D eigenvalue weighted by atomic mass is 9.99. The lowest BCUT2D eigenvalue weighted by molar-refractivity contribution is -0.0526. The summed E-state index contributed by atoms with van der Waals surface area (Å²) < 4.78 is 42.3. The number of alkyl halides is 2. The molecule has 0 spiro atoms. The molecule has 4 rings (SSSR count). The normalized spacial score (nSPS) is 14.1. The Labute approximate surface area is 160 Å². The highest BCUT2D eigenvalue weighted by atomic mass is 19.3. The minimum atomic E-state index is -3.05. The Bertz CT molecular complexity index is 1070. The van der Waals surface area contributed by atoms with Crippen LogP contribution in [0, 0.1) is 20.8 Å². The van der Waals surface area contributed by atoms with Crippen molar-refractivity contribution in [3.05, 3.63) is 28.7 Å². The fourth-order valence-corrected chi connectivity index (χ4v) is 3.51. The first kappa shape index (κ1) is 18.5. The molecule has 0 radical (unpaired) electrons. The van der Waals surface area contributed by atoms with Gasteiger partial charge in [0.05, 0.1) is 12.8 Å². The third-order valence-electron chi connectivity index (χ3n) is 5.36. The number of benzene rings is 1. The van der Waals surface area contributed by atoms with Crippen molar-refractivity contribution in [1.82, 2.24) is 9.97 Å². The molecule has 8 heteroatoms. The molecule has 2 heterocycles. The summed E-state index contributed by atoms with van der Waals surface area (Å²) in [4.78, 5) is 8.20. The first-order chi connectivity index (χ1) is 13.3. The molecule has 1 aliphatic carbocycles. The van der Waals surface area contributed by atoms with E-state index in [-0.39, 0.29) is 34.6 Å². The summed E-state index contributed by atoms with van der Waals surface area (Å²) in [6.07, 6.45) is 2.99. The molecule has 0 bridgehead atoms. The molecule has 2 aromatic heterocycles. The van der Waals surface area contributed by atoms with Crippen molar-refractivity contribution in [3.63, 3.8) is 0 Å². The maximum absolute atomic E-state index is 13.0. The van der Waals surface area contributed by atoms with Crippen molar-refractivity contribution in [3.8, 4) is 28.7 Å². The number of rotatable bonds is 5. The van der Waals surface area contributed by atoms with E-state index >= 15 is 0 Å². The van der Waals surface area contributed by atoms with Gasteiger partial charge in [0.15, 0.2) is 11.5 Å². The van der Waals surface area contributed by atoms with Crippen LogP contribution in [0.1, 0.15) is 41.1 Å². The molecule has 0 atom stereocenters. The number of hydrogen-bond donors (Lipinski definition) is 1. The Morgan fingerprint density at radius 2 is 1.86 bits per heavy atom. The van der Waals surface area contributed by atoms with Crippen LogP contribution in [0.2, 0.25) is 0 Å². The second-order valence-corrected chi connectivity index (χ2v) is 6.98. The van der Waals surface area contributed by atoms with Gasteiger partial charge in [0.1, 0.15) is 28.6 Å². The molecule has 0 amide bonds. The number of hydrogen-bond acceptors (Lipinski definition) is 6. The number of aryl methyl sites for hydroxylation is 1. The molecule has 0 saturated heterocycles. The van der Waals surface area contributed by atoms with Crippen molar-refractivity contribution in [2.24, 2.45) is 0 Å². The van der Waals surface area contributed by atoms with Gasteiger partial charge in [0.25, 0.3) is 0 Å². The number of fused-ring (bicyclic) bond motifs is 1. The predicted molar refractivity (Wildman–Crippen MR) is 98.3 cm³/mol. The van der Waals surface area contributed by atoms with Gasteiger partial charge in [-0.25, -0.2) is 9.97 Å². The van der Waals surface area contributed by atoms with E-state index in [4.69, 9.17) is 9.15 Å². The summed E-state index contributed by atoms with van der Waals surface area (Å²) in [5, 5.41) is 11.1. The number of nitrogens with zero attached hydrogens (tertiary/aromatic N) is 2. The first-order valence-corrected chi connectivity index (χ1v) is 8.94. The summed E-state index contributed by atoms with van der Waals surface area (Å²) >= 11 is 0. The van der Waals surface area contributed by atoms with Crippen LogP contribution in [-0.4, -0.2) is 28.8 Å². The molecule has 1 aromatic carbocycles. The summed E-state index contributed by atoms with van der Waals surface area (Å²) in [5.41, 5.74) is 3.66. The average Bonchev–Trinajstić information content (AvgIpc) is 3.44. The number of methoxy groups -OCH3 is 1. The maximum Gasteiger partial charge on any atom is 0.388 e. The summed E-state index contributed by atoms with van der Waals surface area (Å²) in [5.74, 6) is 0.309. The van der Waals surface area contributed by atoms with Gasteiger partial charge in [0, 0.05) is 5.92 Å². The smallest absolute Gasteiger partial charge is 0.388 e. The lowest BCUT2D eigenvalue weighted by Gasteiger charge is -2.12. The number of phenolic OH excluding ortho intramolecular Hbond substituents is 1. The van der Waals surface area contributed by atoms with Crippen LogP contribution in [-0.2, 0) is 0 Å². The second-order valence-electron chi connectivity index (χ2n) is 6.98. The van der Waals surface area contributed by atoms with Gasteiger partial charge in [-0.2, -0.15) is 8.78 Å². The van der Waals surface area contributed by atoms with Gasteiger partial charge >= 0.3 is 6.61 Å². The van der Waals surface area contributed by atoms with Crippen molar-refractivity contribution >= 4 is 11.0 Å². The van der Waals surface area contributed by atoms with Crippen molar-refractivity contribution in [2.75, 3.05) is 7.11 Å². The summed E-state index contributed by atoms with van der Waals surface area (Å²) in [7, 11) is 1.44. The minimum Gasteiger partial charge on any atom is -0.507 e. The SMILES string of the molecule is COc1c(-c2c(OC(F)F)ncnc2C2CC2)oc2c(C)c(C)c(C)c(O)c12. The van der Waals surface area contributed by atoms with E-state index in [1.807, 2.05) is 13.8 Å². The number of aromatic hydroxyl groups is 1. The average molecular weight is 390 g/mol. The zero-order chi connectivity index (χ0) is 20.2. The van der Waals surface area contributed by atoms with E-state index in [1.165, 1.54) is 13.4 Å². The van der Waals surface area contributed by atoms with Crippen LogP contribution >= 0.6 is 0 Å². The van der Waals surface area contributed by atoms with Crippen molar-refractivity contribution in [1.29, 1.82) is 0 Å². The van der Waals surface area contributed by atoms with E-state index in [0.29, 0.717) is 22.2 Å². The van der Waals surface area contributed by atoms with E-state index in [1.54, 1.807) is 6.92 Å². The molecule has 0 aliphatic heterocycles. The van der Waals surface area contributed by atoms with Crippen molar-refractivity contribution in [2.45, 2.75) is 46.1 Å². The number of aromatic nitrogens is 2. The lowest BCUT2D eigenvalue weighted by Crippen LogP contribution is -2.07. The first-order valence-electron chi connectivity index (χ1n) is 8.94. The largest absolute Gasteiger partial charge is 0.507 e. The van der Waals surface area contributed by atoms with Gasteiger partial charge in [-0.1, -0.05) is 0 Å². The Morgan fingerprint density at radius 1 is 1.14 bits per heavy atom. The van der Waals surface area contributed by atoms with Crippen LogP contribution in [0.25, 0.3) is 22.3 Å². The van der Waals surface area contributed by atoms with E-state index in [2.05, 4.69) is 14.7 Å². The third-order valence-corrected chi connectivity index (χ3v) is 5.36. The minimum absolute atomic E-state index is 0.0334. The Kier molecular flexibility index (Phi) is 4.36. The topological polar surface area (TPSA) is 77.6 Å². The van der Waals surface area contributed by atoms with E-state index in [0.717, 1.165) is 24.0 Å². The molecule has 148 valence electrons. The van der Waals surface area contributed by atoms with E-state index < -0.39 is 6.61 Å². The third kappa shape index (κ3) is 2.75. The zero-order valence-corrected chi connectivity index (χ0v) is 16.0. The fraction of sp³-hybridized carbons (Fsp3) is 0.400. The molecule has 1 N–H and O–H groups in total. The zero-order valence-electron chi connectivity index (χ0n) is 16.0. The van der Waals surface area contributed by atoms with E-state index in [9.17, 15) is 13.9 Å². The standard InChI is InChI=1S/C20H20F2N2O4/c1-8-9(2)15(25)13-16(10(8)3)27-18(17(13)26-4)12-14(11-5-6-11)23-7-24-19(12)28-20(21)22/h7,11,20,25H,5-6H2,1-4H3. The molecule has 1 fully saturated rings. The van der Waals surface area contributed by atoms with Gasteiger partial charge in [0.2, 0.25) is 5.88 Å². The number of halogens is 2. The van der Waals surface area contributed by atoms with Gasteiger partial charge in [-0.15, -0.1) is 0 Å². The number of furan rings is 1. The van der Waals surface area contributed by atoms with Gasteiger partial charge in [-0.3, -0.25) is 0 Å². The highest BCUT2D eigenvalue weighted by molar-refractivity contribution is 6.00. The number of phenols is 1. The number of ether oxygens (including phenoxy) is 2. The maximum atomic E-state index is 13.0. The Morgan fingerprint density at radius 3 is 2.46 bits per heavy atom. The molecular formula is C20H20F2N2O4. The van der Waals surface area contributed by atoms with Crippen molar-refractivity contribution < 1.29 is 27.8 Å². The Balaban J connectivity index is 2.08. The monoisotopic (exact) mass is 390 g/mol. The summed E-state index contributed by atoms with van der Waals surface area (Å²) in [6.45, 7) is 2.51. The molecule has 3 aromatic rings. The molecule has 28 heavy (non-hydrogen) atoms. The quantitative estimate of drug-likeness (QED) is 0.660. The van der Waals surface area contributed by atoms with Crippen LogP contribution < -0.4 is 9.47 Å². The molecule has 0 unspecified atom stereocenters. The fourth-order valence-electron chi connectivity index (χ4n) is 3.51. The Hall–Kier alpha value is -2.90. The molecule has 6 nitrogen and oxygen atoms in total. The molecule has 1 aliphatic rings. The highest BCUT2D eigenvalue weighted by Gasteiger charge is 2.35. The summed E-state index contributed by atoms with van der Waals surface area (Å²) in [6, 6.07) is 0. The van der Waals surface area contributed by atoms with Crippen LogP contribution in [0.3, 0.4) is 0 Å².